The molecule has 0 aliphatic carbocycles. The number of benzene rings is 2. The van der Waals surface area contributed by atoms with Crippen LogP contribution in [0.15, 0.2) is 53.5 Å². The van der Waals surface area contributed by atoms with E-state index in [1.54, 1.807) is 13.1 Å². The standard InChI is InChI=1S/C21H28FN5O.HI/c1-15(2)26-21(28)27-19-9-7-17(8-10-19)14-25-20(23-3)24-12-11-16-5-4-6-18(22)13-16;/h4-10,13,15H,11-12,14H2,1-3H3,(H2,23,24,25)(H2,26,27,28);1H. The van der Waals surface area contributed by atoms with Gasteiger partial charge in [-0.1, -0.05) is 24.3 Å². The number of carbonyl (C=O) groups is 1. The number of hydrogen-bond acceptors (Lipinski definition) is 2. The van der Waals surface area contributed by atoms with Crippen molar-refractivity contribution in [1.82, 2.24) is 16.0 Å². The molecule has 0 atom stereocenters. The van der Waals surface area contributed by atoms with Crippen LogP contribution in [0.25, 0.3) is 0 Å². The third kappa shape index (κ3) is 9.60. The van der Waals surface area contributed by atoms with Crippen molar-refractivity contribution >= 4 is 41.7 Å². The summed E-state index contributed by atoms with van der Waals surface area (Å²) in [5.74, 6) is 0.453. The van der Waals surface area contributed by atoms with Crippen LogP contribution in [0.1, 0.15) is 25.0 Å². The predicted octanol–water partition coefficient (Wildman–Crippen LogP) is 3.88. The topological polar surface area (TPSA) is 77.6 Å². The molecule has 0 heterocycles. The molecule has 0 bridgehead atoms. The highest BCUT2D eigenvalue weighted by Gasteiger charge is 2.04. The number of rotatable bonds is 7. The molecule has 0 saturated heterocycles. The van der Waals surface area contributed by atoms with Gasteiger partial charge >= 0.3 is 6.03 Å². The lowest BCUT2D eigenvalue weighted by Gasteiger charge is -2.13. The van der Waals surface area contributed by atoms with E-state index in [9.17, 15) is 9.18 Å². The van der Waals surface area contributed by atoms with E-state index in [0.29, 0.717) is 25.5 Å². The zero-order valence-corrected chi connectivity index (χ0v) is 19.3. The van der Waals surface area contributed by atoms with Crippen LogP contribution in [0.3, 0.4) is 0 Å². The number of carbonyl (C=O) groups excluding carboxylic acids is 1. The molecule has 2 amide bonds. The monoisotopic (exact) mass is 513 g/mol. The first-order valence-electron chi connectivity index (χ1n) is 9.31. The van der Waals surface area contributed by atoms with Gasteiger partial charge in [0, 0.05) is 31.9 Å². The molecule has 0 aliphatic rings. The second-order valence-corrected chi connectivity index (χ2v) is 6.68. The van der Waals surface area contributed by atoms with E-state index in [1.165, 1.54) is 12.1 Å². The number of anilines is 1. The van der Waals surface area contributed by atoms with E-state index >= 15 is 0 Å². The Balaban J connectivity index is 0.00000420. The van der Waals surface area contributed by atoms with Gasteiger partial charge < -0.3 is 21.3 Å². The molecule has 0 saturated carbocycles. The molecule has 4 N–H and O–H groups in total. The summed E-state index contributed by atoms with van der Waals surface area (Å²) < 4.78 is 13.2. The summed E-state index contributed by atoms with van der Waals surface area (Å²) in [7, 11) is 1.71. The van der Waals surface area contributed by atoms with Crippen LogP contribution in [0, 0.1) is 5.82 Å². The van der Waals surface area contributed by atoms with Crippen LogP contribution >= 0.6 is 24.0 Å². The summed E-state index contributed by atoms with van der Waals surface area (Å²) in [5, 5.41) is 12.0. The molecule has 8 heteroatoms. The molecule has 0 radical (unpaired) electrons. The Morgan fingerprint density at radius 2 is 1.79 bits per heavy atom. The zero-order chi connectivity index (χ0) is 20.4. The summed E-state index contributed by atoms with van der Waals surface area (Å²) in [6.45, 7) is 5.07. The van der Waals surface area contributed by atoms with E-state index in [-0.39, 0.29) is 41.9 Å². The highest BCUT2D eigenvalue weighted by Crippen LogP contribution is 2.09. The summed E-state index contributed by atoms with van der Waals surface area (Å²) in [6, 6.07) is 14.1. The van der Waals surface area contributed by atoms with Crippen molar-refractivity contribution in [3.8, 4) is 0 Å². The van der Waals surface area contributed by atoms with Crippen molar-refractivity contribution in [1.29, 1.82) is 0 Å². The Morgan fingerprint density at radius 1 is 1.07 bits per heavy atom. The summed E-state index contributed by atoms with van der Waals surface area (Å²) in [4.78, 5) is 15.9. The Hall–Kier alpha value is -2.36. The number of nitrogens with zero attached hydrogens (tertiary/aromatic N) is 1. The van der Waals surface area contributed by atoms with Crippen LogP contribution in [0.2, 0.25) is 0 Å². The molecule has 6 nitrogen and oxygen atoms in total. The van der Waals surface area contributed by atoms with Gasteiger partial charge in [-0.2, -0.15) is 0 Å². The summed E-state index contributed by atoms with van der Waals surface area (Å²) >= 11 is 0. The van der Waals surface area contributed by atoms with Crippen LogP contribution < -0.4 is 21.3 Å². The van der Waals surface area contributed by atoms with Crippen molar-refractivity contribution in [3.63, 3.8) is 0 Å². The van der Waals surface area contributed by atoms with Gasteiger partial charge in [-0.25, -0.2) is 9.18 Å². The predicted molar refractivity (Wildman–Crippen MR) is 127 cm³/mol. The molecule has 0 aromatic heterocycles. The Labute approximate surface area is 188 Å². The van der Waals surface area contributed by atoms with Gasteiger partial charge in [0.05, 0.1) is 0 Å². The SMILES string of the molecule is CN=C(NCCc1cccc(F)c1)NCc1ccc(NC(=O)NC(C)C)cc1.I. The van der Waals surface area contributed by atoms with E-state index in [4.69, 9.17) is 0 Å². The molecule has 0 spiro atoms. The second-order valence-electron chi connectivity index (χ2n) is 6.68. The van der Waals surface area contributed by atoms with Crippen molar-refractivity contribution in [2.45, 2.75) is 32.9 Å². The van der Waals surface area contributed by atoms with Gasteiger partial charge in [-0.3, -0.25) is 4.99 Å². The second kappa shape index (κ2) is 13.0. The first-order chi connectivity index (χ1) is 13.5. The third-order valence-corrected chi connectivity index (χ3v) is 3.91. The van der Waals surface area contributed by atoms with Gasteiger partial charge in [0.2, 0.25) is 0 Å². The number of nitrogens with one attached hydrogen (secondary N) is 4. The maximum absolute atomic E-state index is 13.2. The van der Waals surface area contributed by atoms with Crippen molar-refractivity contribution in [2.75, 3.05) is 18.9 Å². The average Bonchev–Trinajstić information content (AvgIpc) is 2.65. The Bertz CT molecular complexity index is 796. The lowest BCUT2D eigenvalue weighted by atomic mass is 10.1. The molecule has 0 fully saturated rings. The van der Waals surface area contributed by atoms with Crippen LogP contribution in [-0.4, -0.2) is 31.6 Å². The van der Waals surface area contributed by atoms with Crippen LogP contribution in [0.4, 0.5) is 14.9 Å². The number of hydrogen-bond donors (Lipinski definition) is 4. The number of urea groups is 1. The van der Waals surface area contributed by atoms with Gasteiger partial charge in [0.25, 0.3) is 0 Å². The fourth-order valence-corrected chi connectivity index (χ4v) is 2.56. The van der Waals surface area contributed by atoms with Gasteiger partial charge in [-0.15, -0.1) is 24.0 Å². The molecular formula is C21H29FIN5O. The lowest BCUT2D eigenvalue weighted by Crippen LogP contribution is -2.37. The Morgan fingerprint density at radius 3 is 2.41 bits per heavy atom. The third-order valence-electron chi connectivity index (χ3n) is 3.91. The molecule has 2 aromatic carbocycles. The minimum Gasteiger partial charge on any atom is -0.356 e. The van der Waals surface area contributed by atoms with Crippen molar-refractivity contribution in [2.24, 2.45) is 4.99 Å². The highest BCUT2D eigenvalue weighted by molar-refractivity contribution is 14.0. The van der Waals surface area contributed by atoms with E-state index in [0.717, 1.165) is 16.8 Å². The largest absolute Gasteiger partial charge is 0.356 e. The Kier molecular flexibility index (Phi) is 11.0. The number of halogens is 2. The fraction of sp³-hybridized carbons (Fsp3) is 0.333. The smallest absolute Gasteiger partial charge is 0.319 e. The molecule has 158 valence electrons. The maximum atomic E-state index is 13.2. The molecule has 2 aromatic rings. The highest BCUT2D eigenvalue weighted by atomic mass is 127. The normalized spacial score (nSPS) is 10.9. The van der Waals surface area contributed by atoms with Gasteiger partial charge in [-0.05, 0) is 55.7 Å². The minimum atomic E-state index is -0.223. The number of amides is 2. The molecular weight excluding hydrogens is 484 g/mol. The van der Waals surface area contributed by atoms with Crippen LogP contribution in [-0.2, 0) is 13.0 Å². The van der Waals surface area contributed by atoms with E-state index < -0.39 is 0 Å². The van der Waals surface area contributed by atoms with Crippen molar-refractivity contribution < 1.29 is 9.18 Å². The number of aliphatic imine (C=N–C) groups is 1. The molecule has 2 rings (SSSR count). The van der Waals surface area contributed by atoms with E-state index in [2.05, 4.69) is 26.3 Å². The first-order valence-corrected chi connectivity index (χ1v) is 9.31. The summed E-state index contributed by atoms with van der Waals surface area (Å²) in [5.41, 5.74) is 2.73. The van der Waals surface area contributed by atoms with Crippen LogP contribution in [0.5, 0.6) is 0 Å². The maximum Gasteiger partial charge on any atom is 0.319 e. The van der Waals surface area contributed by atoms with E-state index in [1.807, 2.05) is 44.2 Å². The van der Waals surface area contributed by atoms with Gasteiger partial charge in [0.1, 0.15) is 5.82 Å². The fourth-order valence-electron chi connectivity index (χ4n) is 2.56. The average molecular weight is 513 g/mol. The lowest BCUT2D eigenvalue weighted by molar-refractivity contribution is 0.250. The molecule has 29 heavy (non-hydrogen) atoms. The minimum absolute atomic E-state index is 0. The summed E-state index contributed by atoms with van der Waals surface area (Å²) in [6.07, 6.45) is 0.706. The van der Waals surface area contributed by atoms with Crippen molar-refractivity contribution in [3.05, 3.63) is 65.5 Å². The quantitative estimate of drug-likeness (QED) is 0.258. The number of guanidine groups is 1. The zero-order valence-electron chi connectivity index (χ0n) is 17.0. The first kappa shape index (κ1) is 24.7. The van der Waals surface area contributed by atoms with Gasteiger partial charge in [0.15, 0.2) is 5.96 Å². The molecule has 0 aliphatic heterocycles. The molecule has 0 unspecified atom stereocenters.